The second kappa shape index (κ2) is 8.39. The third-order valence-corrected chi connectivity index (χ3v) is 6.70. The van der Waals surface area contributed by atoms with Crippen LogP contribution in [0, 0.1) is 23.4 Å². The van der Waals surface area contributed by atoms with Crippen LogP contribution in [-0.4, -0.2) is 0 Å². The molecule has 0 spiro atoms. The van der Waals surface area contributed by atoms with Crippen molar-refractivity contribution in [1.82, 2.24) is 0 Å². The lowest BCUT2D eigenvalue weighted by Gasteiger charge is -2.28. The summed E-state index contributed by atoms with van der Waals surface area (Å²) in [6.45, 7) is 2.25. The smallest absolute Gasteiger partial charge is 0.194 e. The van der Waals surface area contributed by atoms with Crippen molar-refractivity contribution in [3.8, 4) is 11.1 Å². The Hall–Kier alpha value is -2.00. The molecule has 0 atom stereocenters. The van der Waals surface area contributed by atoms with Crippen molar-refractivity contribution in [1.29, 1.82) is 0 Å². The molecule has 0 aromatic heterocycles. The van der Waals surface area contributed by atoms with Crippen LogP contribution < -0.4 is 0 Å². The highest BCUT2D eigenvalue weighted by atomic mass is 35.5. The maximum atomic E-state index is 13.6. The Morgan fingerprint density at radius 2 is 1.59 bits per heavy atom. The van der Waals surface area contributed by atoms with Gasteiger partial charge in [-0.15, -0.1) is 0 Å². The van der Waals surface area contributed by atoms with E-state index in [4.69, 9.17) is 11.6 Å². The second-order valence-electron chi connectivity index (χ2n) is 8.17. The Balaban J connectivity index is 1.64. The summed E-state index contributed by atoms with van der Waals surface area (Å²) in [6.07, 6.45) is 7.60. The van der Waals surface area contributed by atoms with E-state index in [1.807, 2.05) is 12.1 Å². The molecule has 4 rings (SSSR count). The molecule has 0 radical (unpaired) electrons. The fraction of sp³-hybridized carbons (Fsp3) is 0.360. The Kier molecular flexibility index (Phi) is 5.87. The summed E-state index contributed by atoms with van der Waals surface area (Å²) >= 11 is 6.57. The van der Waals surface area contributed by atoms with Gasteiger partial charge in [0.1, 0.15) is 0 Å². The van der Waals surface area contributed by atoms with Crippen LogP contribution in [0.15, 0.2) is 42.5 Å². The molecule has 4 heteroatoms. The van der Waals surface area contributed by atoms with Crippen molar-refractivity contribution in [2.24, 2.45) is 5.92 Å². The van der Waals surface area contributed by atoms with Crippen LogP contribution in [0.5, 0.6) is 0 Å². The lowest BCUT2D eigenvalue weighted by molar-refractivity contribution is 0.308. The van der Waals surface area contributed by atoms with Crippen LogP contribution in [-0.2, 0) is 0 Å². The van der Waals surface area contributed by atoms with E-state index in [1.165, 1.54) is 44.1 Å². The Bertz CT molecular complexity index is 1010. The van der Waals surface area contributed by atoms with Gasteiger partial charge in [-0.25, -0.2) is 13.2 Å². The van der Waals surface area contributed by atoms with Crippen LogP contribution in [0.3, 0.4) is 0 Å². The first kappa shape index (κ1) is 20.3. The van der Waals surface area contributed by atoms with E-state index >= 15 is 0 Å². The lowest BCUT2D eigenvalue weighted by Crippen LogP contribution is -2.13. The third kappa shape index (κ3) is 4.02. The molecular weight excluding hydrogens is 393 g/mol. The van der Waals surface area contributed by atoms with E-state index in [-0.39, 0.29) is 5.56 Å². The van der Waals surface area contributed by atoms with Crippen molar-refractivity contribution < 1.29 is 13.2 Å². The summed E-state index contributed by atoms with van der Waals surface area (Å²) in [4.78, 5) is 0. The highest BCUT2D eigenvalue weighted by Gasteiger charge is 2.22. The van der Waals surface area contributed by atoms with Crippen LogP contribution >= 0.6 is 11.6 Å². The van der Waals surface area contributed by atoms with Gasteiger partial charge >= 0.3 is 0 Å². The molecule has 1 saturated carbocycles. The lowest BCUT2D eigenvalue weighted by atomic mass is 9.77. The molecule has 0 nitrogen and oxygen atoms in total. The van der Waals surface area contributed by atoms with Crippen molar-refractivity contribution in [3.05, 3.63) is 70.5 Å². The quantitative estimate of drug-likeness (QED) is 0.373. The first-order valence-electron chi connectivity index (χ1n) is 10.3. The van der Waals surface area contributed by atoms with Gasteiger partial charge in [0.2, 0.25) is 0 Å². The summed E-state index contributed by atoms with van der Waals surface area (Å²) in [5.41, 5.74) is 2.05. The van der Waals surface area contributed by atoms with Gasteiger partial charge in [0.25, 0.3) is 0 Å². The normalized spacial score (nSPS) is 19.6. The zero-order chi connectivity index (χ0) is 20.5. The largest absolute Gasteiger partial charge is 0.204 e. The zero-order valence-corrected chi connectivity index (χ0v) is 17.2. The average Bonchev–Trinajstić information content (AvgIpc) is 2.72. The van der Waals surface area contributed by atoms with E-state index in [0.717, 1.165) is 28.8 Å². The van der Waals surface area contributed by atoms with E-state index in [2.05, 4.69) is 19.1 Å². The second-order valence-corrected chi connectivity index (χ2v) is 8.55. The number of fused-ring (bicyclic) bond motifs is 1. The molecule has 1 aliphatic carbocycles. The van der Waals surface area contributed by atoms with Crippen LogP contribution in [0.2, 0.25) is 5.02 Å². The number of hydrogen-bond acceptors (Lipinski definition) is 0. The molecule has 0 heterocycles. The van der Waals surface area contributed by atoms with Gasteiger partial charge in [0.15, 0.2) is 17.5 Å². The number of hydrogen-bond donors (Lipinski definition) is 0. The Morgan fingerprint density at radius 1 is 0.897 bits per heavy atom. The minimum Gasteiger partial charge on any atom is -0.204 e. The summed E-state index contributed by atoms with van der Waals surface area (Å²) in [5, 5.41) is 2.26. The van der Waals surface area contributed by atoms with Gasteiger partial charge in [-0.1, -0.05) is 61.7 Å². The third-order valence-electron chi connectivity index (χ3n) is 6.29. The molecule has 3 aromatic carbocycles. The van der Waals surface area contributed by atoms with Gasteiger partial charge < -0.3 is 0 Å². The minimum absolute atomic E-state index is 0.228. The van der Waals surface area contributed by atoms with E-state index in [1.54, 1.807) is 6.07 Å². The molecule has 1 fully saturated rings. The van der Waals surface area contributed by atoms with Gasteiger partial charge in [-0.2, -0.15) is 0 Å². The maximum absolute atomic E-state index is 13.6. The first-order chi connectivity index (χ1) is 14.0. The van der Waals surface area contributed by atoms with Gasteiger partial charge in [-0.3, -0.25) is 0 Å². The van der Waals surface area contributed by atoms with Crippen molar-refractivity contribution in [2.45, 2.75) is 51.4 Å². The topological polar surface area (TPSA) is 0 Å². The Morgan fingerprint density at radius 3 is 2.24 bits per heavy atom. The molecule has 0 N–H and O–H groups in total. The molecule has 0 saturated heterocycles. The molecule has 29 heavy (non-hydrogen) atoms. The summed E-state index contributed by atoms with van der Waals surface area (Å²) in [6, 6.07) is 11.9. The Labute approximate surface area is 174 Å². The number of halogens is 4. The molecular formula is C25H24ClF3. The average molecular weight is 417 g/mol. The van der Waals surface area contributed by atoms with Crippen molar-refractivity contribution in [3.63, 3.8) is 0 Å². The maximum Gasteiger partial charge on any atom is 0.194 e. The van der Waals surface area contributed by atoms with Crippen LogP contribution in [0.4, 0.5) is 13.2 Å². The van der Waals surface area contributed by atoms with Crippen LogP contribution in [0.25, 0.3) is 21.9 Å². The molecule has 0 aliphatic heterocycles. The van der Waals surface area contributed by atoms with E-state index < -0.39 is 17.5 Å². The zero-order valence-electron chi connectivity index (χ0n) is 16.5. The van der Waals surface area contributed by atoms with Gasteiger partial charge in [-0.05, 0) is 66.2 Å². The fourth-order valence-electron chi connectivity index (χ4n) is 4.69. The van der Waals surface area contributed by atoms with Gasteiger partial charge in [0, 0.05) is 10.9 Å². The molecule has 0 bridgehead atoms. The number of rotatable bonds is 4. The highest BCUT2D eigenvalue weighted by Crippen LogP contribution is 2.40. The molecule has 0 unspecified atom stereocenters. The van der Waals surface area contributed by atoms with Crippen molar-refractivity contribution >= 4 is 22.4 Å². The monoisotopic (exact) mass is 416 g/mol. The summed E-state index contributed by atoms with van der Waals surface area (Å²) in [5.74, 6) is -2.46. The standard InChI is InChI=1S/C25H24ClF3/c1-2-3-15-4-6-16(7-5-15)17-8-10-20-18(12-17)9-11-21(24(20)26)19-13-22(27)25(29)23(28)14-19/h8-16H,2-7H2,1H3. The minimum atomic E-state index is -1.47. The molecule has 0 amide bonds. The molecule has 152 valence electrons. The predicted molar refractivity (Wildman–Crippen MR) is 114 cm³/mol. The van der Waals surface area contributed by atoms with E-state index in [9.17, 15) is 13.2 Å². The number of benzene rings is 3. The van der Waals surface area contributed by atoms with Crippen LogP contribution in [0.1, 0.15) is 56.9 Å². The molecule has 3 aromatic rings. The summed E-state index contributed by atoms with van der Waals surface area (Å²) < 4.78 is 40.6. The van der Waals surface area contributed by atoms with E-state index in [0.29, 0.717) is 16.5 Å². The van der Waals surface area contributed by atoms with Crippen molar-refractivity contribution in [2.75, 3.05) is 0 Å². The SMILES string of the molecule is CCCC1CCC(c2ccc3c(Cl)c(-c4cc(F)c(F)c(F)c4)ccc3c2)CC1. The highest BCUT2D eigenvalue weighted by molar-refractivity contribution is 6.38. The first-order valence-corrected chi connectivity index (χ1v) is 10.7. The fourth-order valence-corrected chi connectivity index (χ4v) is 5.04. The molecule has 1 aliphatic rings. The summed E-state index contributed by atoms with van der Waals surface area (Å²) in [7, 11) is 0. The van der Waals surface area contributed by atoms with Gasteiger partial charge in [0.05, 0.1) is 5.02 Å². The predicted octanol–water partition coefficient (Wildman–Crippen LogP) is 8.65.